The van der Waals surface area contributed by atoms with E-state index < -0.39 is 23.8 Å². The Morgan fingerprint density at radius 3 is 2.27 bits per heavy atom. The fraction of sp³-hybridized carbons (Fsp3) is 0.412. The molecule has 0 aliphatic heterocycles. The van der Waals surface area contributed by atoms with Crippen LogP contribution < -0.4 is 16.0 Å². The molecule has 5 N–H and O–H groups in total. The number of hydrogen-bond donors (Lipinski definition) is 5. The lowest BCUT2D eigenvalue weighted by Gasteiger charge is -2.21. The van der Waals surface area contributed by atoms with Gasteiger partial charge in [0.2, 0.25) is 5.91 Å². The van der Waals surface area contributed by atoms with E-state index >= 15 is 0 Å². The van der Waals surface area contributed by atoms with Gasteiger partial charge in [0.1, 0.15) is 17.5 Å². The van der Waals surface area contributed by atoms with Crippen LogP contribution in [-0.4, -0.2) is 40.7 Å². The van der Waals surface area contributed by atoms with Crippen LogP contribution in [0.25, 0.3) is 0 Å². The molecule has 3 amide bonds. The zero-order valence-corrected chi connectivity index (χ0v) is 15.2. The molecular formula is C17H24N4O5. The van der Waals surface area contributed by atoms with Crippen molar-refractivity contribution in [2.24, 2.45) is 0 Å². The first kappa shape index (κ1) is 20.9. The average Bonchev–Trinajstić information content (AvgIpc) is 2.50. The maximum Gasteiger partial charge on any atom is 0.410 e. The van der Waals surface area contributed by atoms with Crippen molar-refractivity contribution in [3.63, 3.8) is 0 Å². The zero-order valence-electron chi connectivity index (χ0n) is 15.2. The molecule has 9 heteroatoms. The molecule has 0 saturated carbocycles. The first-order chi connectivity index (χ1) is 12.0. The second-order valence-electron chi connectivity index (χ2n) is 6.59. The fourth-order valence-corrected chi connectivity index (χ4v) is 1.86. The molecule has 0 saturated heterocycles. The summed E-state index contributed by atoms with van der Waals surface area (Å²) in [5.41, 5.74) is 0.516. The van der Waals surface area contributed by atoms with Gasteiger partial charge in [0.25, 0.3) is 0 Å². The van der Waals surface area contributed by atoms with Crippen LogP contribution in [0, 0.1) is 5.41 Å². The minimum Gasteiger partial charge on any atom is -0.465 e. The number of nitrogens with one attached hydrogen (secondary N) is 4. The van der Waals surface area contributed by atoms with E-state index in [0.29, 0.717) is 5.56 Å². The van der Waals surface area contributed by atoms with Gasteiger partial charge in [0.15, 0.2) is 0 Å². The third-order valence-electron chi connectivity index (χ3n) is 3.07. The summed E-state index contributed by atoms with van der Waals surface area (Å²) in [6.07, 6.45) is -1.98. The second kappa shape index (κ2) is 8.84. The fourth-order valence-electron chi connectivity index (χ4n) is 1.86. The number of alkyl carbamates (subject to hydrolysis) is 1. The molecule has 9 nitrogen and oxygen atoms in total. The number of benzene rings is 1. The average molecular weight is 364 g/mol. The lowest BCUT2D eigenvalue weighted by Crippen LogP contribution is -2.46. The molecule has 1 aromatic rings. The number of carboxylic acid groups (broad SMARTS) is 1. The van der Waals surface area contributed by atoms with Crippen LogP contribution in [0.15, 0.2) is 24.3 Å². The van der Waals surface area contributed by atoms with E-state index in [1.165, 1.54) is 0 Å². The molecule has 0 heterocycles. The van der Waals surface area contributed by atoms with Gasteiger partial charge in [-0.15, -0.1) is 0 Å². The third-order valence-corrected chi connectivity index (χ3v) is 3.07. The van der Waals surface area contributed by atoms with Crippen molar-refractivity contribution in [1.82, 2.24) is 16.0 Å². The van der Waals surface area contributed by atoms with Crippen molar-refractivity contribution in [1.29, 1.82) is 5.41 Å². The maximum atomic E-state index is 12.0. The number of amides is 3. The molecule has 1 aromatic carbocycles. The maximum absolute atomic E-state index is 12.0. The highest BCUT2D eigenvalue weighted by Gasteiger charge is 2.20. The van der Waals surface area contributed by atoms with Crippen LogP contribution in [0.1, 0.15) is 38.8 Å². The molecule has 1 rings (SSSR count). The standard InChI is InChI=1S/C17H24N4O5/c1-10(20-16(25)26-17(2,3)4)14(22)19-9-11-5-7-12(8-6-11)13(18)21-15(23)24/h5-8,10H,9H2,1-4H3,(H2,18,21)(H,19,22)(H,20,25)(H,23,24)/t10-/m0/s1. The Labute approximate surface area is 151 Å². The van der Waals surface area contributed by atoms with Crippen molar-refractivity contribution >= 4 is 23.9 Å². The third kappa shape index (κ3) is 7.65. The minimum absolute atomic E-state index is 0.221. The molecule has 0 aromatic heterocycles. The Kier molecular flexibility index (Phi) is 7.12. The Balaban J connectivity index is 2.50. The number of carbonyl (C=O) groups excluding carboxylic acids is 2. The van der Waals surface area contributed by atoms with Gasteiger partial charge in [-0.25, -0.2) is 9.59 Å². The molecule has 0 unspecified atom stereocenters. The Morgan fingerprint density at radius 2 is 1.77 bits per heavy atom. The van der Waals surface area contributed by atoms with E-state index in [1.54, 1.807) is 52.0 Å². The predicted molar refractivity (Wildman–Crippen MR) is 95.1 cm³/mol. The Bertz CT molecular complexity index is 679. The van der Waals surface area contributed by atoms with E-state index in [0.717, 1.165) is 5.56 Å². The predicted octanol–water partition coefficient (Wildman–Crippen LogP) is 1.81. The summed E-state index contributed by atoms with van der Waals surface area (Å²) in [6, 6.07) is 5.71. The summed E-state index contributed by atoms with van der Waals surface area (Å²) in [5, 5.41) is 23.2. The number of carbonyl (C=O) groups is 3. The summed E-state index contributed by atoms with van der Waals surface area (Å²) < 4.78 is 5.09. The molecule has 0 fully saturated rings. The largest absolute Gasteiger partial charge is 0.465 e. The normalized spacial score (nSPS) is 11.8. The topological polar surface area (TPSA) is 141 Å². The van der Waals surface area contributed by atoms with Crippen LogP contribution >= 0.6 is 0 Å². The first-order valence-corrected chi connectivity index (χ1v) is 7.93. The molecule has 0 radical (unpaired) electrons. The highest BCUT2D eigenvalue weighted by Crippen LogP contribution is 2.07. The van der Waals surface area contributed by atoms with Crippen molar-refractivity contribution in [3.05, 3.63) is 35.4 Å². The van der Waals surface area contributed by atoms with Crippen molar-refractivity contribution in [2.75, 3.05) is 0 Å². The molecule has 142 valence electrons. The van der Waals surface area contributed by atoms with Gasteiger partial charge in [-0.1, -0.05) is 24.3 Å². The van der Waals surface area contributed by atoms with Crippen molar-refractivity contribution in [2.45, 2.75) is 45.9 Å². The summed E-state index contributed by atoms with van der Waals surface area (Å²) >= 11 is 0. The van der Waals surface area contributed by atoms with Gasteiger partial charge >= 0.3 is 12.2 Å². The summed E-state index contributed by atoms with van der Waals surface area (Å²) in [7, 11) is 0. The van der Waals surface area contributed by atoms with Crippen LogP contribution in [0.4, 0.5) is 9.59 Å². The number of ether oxygens (including phenoxy) is 1. The Hall–Kier alpha value is -3.10. The monoisotopic (exact) mass is 364 g/mol. The van der Waals surface area contributed by atoms with Crippen molar-refractivity contribution in [3.8, 4) is 0 Å². The van der Waals surface area contributed by atoms with Gasteiger partial charge < -0.3 is 20.5 Å². The molecule has 0 spiro atoms. The number of hydrogen-bond acceptors (Lipinski definition) is 5. The number of amidine groups is 1. The first-order valence-electron chi connectivity index (χ1n) is 7.93. The summed E-state index contributed by atoms with van der Waals surface area (Å²) in [4.78, 5) is 34.2. The second-order valence-corrected chi connectivity index (χ2v) is 6.59. The van der Waals surface area contributed by atoms with Crippen molar-refractivity contribution < 1.29 is 24.2 Å². The van der Waals surface area contributed by atoms with Crippen LogP contribution in [0.3, 0.4) is 0 Å². The van der Waals surface area contributed by atoms with E-state index in [1.807, 2.05) is 5.32 Å². The van der Waals surface area contributed by atoms with E-state index in [-0.39, 0.29) is 18.3 Å². The smallest absolute Gasteiger partial charge is 0.410 e. The summed E-state index contributed by atoms with van der Waals surface area (Å²) in [6.45, 7) is 6.95. The molecule has 0 aliphatic carbocycles. The van der Waals surface area contributed by atoms with Crippen LogP contribution in [0.5, 0.6) is 0 Å². The number of rotatable bonds is 5. The van der Waals surface area contributed by atoms with Gasteiger partial charge in [-0.3, -0.25) is 15.5 Å². The van der Waals surface area contributed by atoms with Gasteiger partial charge in [-0.05, 0) is 33.3 Å². The zero-order chi connectivity index (χ0) is 19.9. The highest BCUT2D eigenvalue weighted by atomic mass is 16.6. The SMILES string of the molecule is C[C@H](NC(=O)OC(C)(C)C)C(=O)NCc1ccc(C(=N)NC(=O)O)cc1. The minimum atomic E-state index is -1.31. The molecule has 0 bridgehead atoms. The molecule has 1 atom stereocenters. The van der Waals surface area contributed by atoms with Gasteiger partial charge in [0.05, 0.1) is 0 Å². The van der Waals surface area contributed by atoms with Crippen LogP contribution in [0.2, 0.25) is 0 Å². The quantitative estimate of drug-likeness (QED) is 0.400. The summed E-state index contributed by atoms with van der Waals surface area (Å²) in [5.74, 6) is -0.608. The van der Waals surface area contributed by atoms with E-state index in [4.69, 9.17) is 15.3 Å². The van der Waals surface area contributed by atoms with Gasteiger partial charge in [0, 0.05) is 12.1 Å². The lowest BCUT2D eigenvalue weighted by atomic mass is 10.1. The lowest BCUT2D eigenvalue weighted by molar-refractivity contribution is -0.122. The van der Waals surface area contributed by atoms with Crippen LogP contribution in [-0.2, 0) is 16.1 Å². The molecule has 0 aliphatic rings. The molecule has 26 heavy (non-hydrogen) atoms. The van der Waals surface area contributed by atoms with E-state index in [9.17, 15) is 14.4 Å². The highest BCUT2D eigenvalue weighted by molar-refractivity contribution is 6.04. The van der Waals surface area contributed by atoms with Gasteiger partial charge in [-0.2, -0.15) is 0 Å². The Morgan fingerprint density at radius 1 is 1.19 bits per heavy atom. The van der Waals surface area contributed by atoms with E-state index in [2.05, 4.69) is 10.6 Å². The molecular weight excluding hydrogens is 340 g/mol.